The molecular formula is C11H17NO2. The lowest BCUT2D eigenvalue weighted by Crippen LogP contribution is -2.01. The van der Waals surface area contributed by atoms with E-state index in [1.807, 2.05) is 0 Å². The SMILES string of the molecule is C=CC#N.C=CC(=O)OCCCCC. The molecule has 0 aliphatic rings. The number of ether oxygens (including phenoxy) is 1. The van der Waals surface area contributed by atoms with Crippen molar-refractivity contribution in [3.8, 4) is 6.07 Å². The van der Waals surface area contributed by atoms with E-state index in [2.05, 4.69) is 20.1 Å². The van der Waals surface area contributed by atoms with Crippen molar-refractivity contribution >= 4 is 5.97 Å². The van der Waals surface area contributed by atoms with Crippen molar-refractivity contribution in [3.63, 3.8) is 0 Å². The molecule has 14 heavy (non-hydrogen) atoms. The highest BCUT2D eigenvalue weighted by Crippen LogP contribution is 1.94. The summed E-state index contributed by atoms with van der Waals surface area (Å²) in [7, 11) is 0. The summed E-state index contributed by atoms with van der Waals surface area (Å²) in [5, 5.41) is 7.51. The number of unbranched alkanes of at least 4 members (excludes halogenated alkanes) is 2. The molecule has 0 fully saturated rings. The Bertz CT molecular complexity index is 204. The Labute approximate surface area is 85.7 Å². The highest BCUT2D eigenvalue weighted by Gasteiger charge is 1.92. The van der Waals surface area contributed by atoms with E-state index in [1.54, 1.807) is 6.07 Å². The van der Waals surface area contributed by atoms with Gasteiger partial charge in [-0.25, -0.2) is 4.79 Å². The van der Waals surface area contributed by atoms with Gasteiger partial charge >= 0.3 is 5.97 Å². The van der Waals surface area contributed by atoms with Crippen molar-refractivity contribution < 1.29 is 9.53 Å². The number of nitriles is 1. The van der Waals surface area contributed by atoms with Crippen LogP contribution in [0.25, 0.3) is 0 Å². The Kier molecular flexibility index (Phi) is 14.9. The van der Waals surface area contributed by atoms with E-state index in [0.717, 1.165) is 19.3 Å². The summed E-state index contributed by atoms with van der Waals surface area (Å²) in [6.45, 7) is 9.04. The van der Waals surface area contributed by atoms with E-state index in [9.17, 15) is 4.79 Å². The van der Waals surface area contributed by atoms with Crippen LogP contribution in [-0.4, -0.2) is 12.6 Å². The van der Waals surface area contributed by atoms with Crippen LogP contribution in [0, 0.1) is 11.3 Å². The summed E-state index contributed by atoms with van der Waals surface area (Å²) < 4.78 is 4.74. The minimum Gasteiger partial charge on any atom is -0.463 e. The van der Waals surface area contributed by atoms with Gasteiger partial charge in [0.1, 0.15) is 0 Å². The van der Waals surface area contributed by atoms with Crippen LogP contribution in [0.3, 0.4) is 0 Å². The van der Waals surface area contributed by atoms with E-state index in [4.69, 9.17) is 10.00 Å². The molecule has 0 amide bonds. The number of hydrogen-bond donors (Lipinski definition) is 0. The lowest BCUT2D eigenvalue weighted by molar-refractivity contribution is -0.137. The van der Waals surface area contributed by atoms with Crippen LogP contribution in [0.2, 0.25) is 0 Å². The van der Waals surface area contributed by atoms with Gasteiger partial charge in [-0.05, 0) is 6.42 Å². The molecule has 0 aromatic rings. The maximum Gasteiger partial charge on any atom is 0.330 e. The molecule has 3 nitrogen and oxygen atoms in total. The highest BCUT2D eigenvalue weighted by molar-refractivity contribution is 5.81. The van der Waals surface area contributed by atoms with E-state index in [-0.39, 0.29) is 5.97 Å². The quantitative estimate of drug-likeness (QED) is 0.293. The predicted octanol–water partition coefficient (Wildman–Crippen LogP) is 2.60. The Morgan fingerprint density at radius 1 is 1.50 bits per heavy atom. The molecule has 0 aliphatic carbocycles. The van der Waals surface area contributed by atoms with Gasteiger partial charge in [-0.2, -0.15) is 5.26 Å². The fourth-order valence-electron chi connectivity index (χ4n) is 0.584. The molecule has 0 saturated carbocycles. The average molecular weight is 195 g/mol. The van der Waals surface area contributed by atoms with Crippen molar-refractivity contribution in [1.29, 1.82) is 5.26 Å². The molecule has 0 rings (SSSR count). The largest absolute Gasteiger partial charge is 0.463 e. The van der Waals surface area contributed by atoms with E-state index < -0.39 is 0 Å². The van der Waals surface area contributed by atoms with Crippen molar-refractivity contribution in [1.82, 2.24) is 0 Å². The molecule has 0 aliphatic heterocycles. The third kappa shape index (κ3) is 16.8. The summed E-state index contributed by atoms with van der Waals surface area (Å²) in [4.78, 5) is 10.4. The third-order valence-electron chi connectivity index (χ3n) is 1.25. The van der Waals surface area contributed by atoms with Crippen LogP contribution in [-0.2, 0) is 9.53 Å². The molecule has 0 radical (unpaired) electrons. The molecule has 0 aromatic heterocycles. The zero-order valence-electron chi connectivity index (χ0n) is 8.66. The number of esters is 1. The molecule has 0 aromatic carbocycles. The number of allylic oxidation sites excluding steroid dienone is 1. The number of hydrogen-bond acceptors (Lipinski definition) is 3. The first-order valence-electron chi connectivity index (χ1n) is 4.52. The smallest absolute Gasteiger partial charge is 0.330 e. The lowest BCUT2D eigenvalue weighted by atomic mass is 10.3. The van der Waals surface area contributed by atoms with E-state index in [0.29, 0.717) is 6.61 Å². The molecule has 0 unspecified atom stereocenters. The first-order chi connectivity index (χ1) is 6.72. The molecule has 0 heterocycles. The summed E-state index contributed by atoms with van der Waals surface area (Å²) in [6.07, 6.45) is 5.58. The van der Waals surface area contributed by atoms with Crippen LogP contribution >= 0.6 is 0 Å². The molecule has 3 heteroatoms. The number of nitrogens with zero attached hydrogens (tertiary/aromatic N) is 1. The Morgan fingerprint density at radius 2 is 2.07 bits per heavy atom. The minimum atomic E-state index is -0.323. The topological polar surface area (TPSA) is 50.1 Å². The predicted molar refractivity (Wildman–Crippen MR) is 56.5 cm³/mol. The van der Waals surface area contributed by atoms with Crippen LogP contribution in [0.4, 0.5) is 0 Å². The Hall–Kier alpha value is -1.56. The molecule has 78 valence electrons. The van der Waals surface area contributed by atoms with Gasteiger partial charge in [0.25, 0.3) is 0 Å². The van der Waals surface area contributed by atoms with Gasteiger partial charge in [-0.1, -0.05) is 32.9 Å². The molecule has 0 atom stereocenters. The first-order valence-corrected chi connectivity index (χ1v) is 4.52. The normalized spacial score (nSPS) is 7.43. The van der Waals surface area contributed by atoms with E-state index in [1.165, 1.54) is 12.2 Å². The van der Waals surface area contributed by atoms with Gasteiger partial charge in [0.2, 0.25) is 0 Å². The fourth-order valence-corrected chi connectivity index (χ4v) is 0.584. The van der Waals surface area contributed by atoms with Crippen LogP contribution in [0.15, 0.2) is 25.3 Å². The molecule has 0 bridgehead atoms. The highest BCUT2D eigenvalue weighted by atomic mass is 16.5. The van der Waals surface area contributed by atoms with Gasteiger partial charge in [-0.15, -0.1) is 0 Å². The maximum atomic E-state index is 10.4. The van der Waals surface area contributed by atoms with Gasteiger partial charge in [0.15, 0.2) is 0 Å². The second-order valence-electron chi connectivity index (χ2n) is 2.41. The lowest BCUT2D eigenvalue weighted by Gasteiger charge is -1.98. The maximum absolute atomic E-state index is 10.4. The van der Waals surface area contributed by atoms with Crippen LogP contribution in [0.5, 0.6) is 0 Å². The summed E-state index contributed by atoms with van der Waals surface area (Å²) in [5.74, 6) is -0.323. The summed E-state index contributed by atoms with van der Waals surface area (Å²) >= 11 is 0. The number of carbonyl (C=O) groups excluding carboxylic acids is 1. The van der Waals surface area contributed by atoms with Crippen molar-refractivity contribution in [3.05, 3.63) is 25.3 Å². The van der Waals surface area contributed by atoms with Gasteiger partial charge in [0.05, 0.1) is 12.7 Å². The number of rotatable bonds is 5. The van der Waals surface area contributed by atoms with Crippen LogP contribution in [0.1, 0.15) is 26.2 Å². The molecule has 0 spiro atoms. The van der Waals surface area contributed by atoms with Gasteiger partial charge in [-0.3, -0.25) is 0 Å². The zero-order chi connectivity index (χ0) is 11.2. The zero-order valence-corrected chi connectivity index (χ0v) is 8.66. The second-order valence-corrected chi connectivity index (χ2v) is 2.41. The van der Waals surface area contributed by atoms with Crippen LogP contribution < -0.4 is 0 Å². The molecular weight excluding hydrogens is 178 g/mol. The third-order valence-corrected chi connectivity index (χ3v) is 1.25. The Balaban J connectivity index is 0. The monoisotopic (exact) mass is 195 g/mol. The second kappa shape index (κ2) is 14.0. The van der Waals surface area contributed by atoms with Crippen molar-refractivity contribution in [2.75, 3.05) is 6.61 Å². The standard InChI is InChI=1S/C8H14O2.C3H3N/c1-3-5-6-7-10-8(9)4-2;1-2-3-4/h4H,2-3,5-7H2,1H3;2H,1H2. The average Bonchev–Trinajstić information content (AvgIpc) is 2.24. The first kappa shape index (κ1) is 14.9. The van der Waals surface area contributed by atoms with Crippen molar-refractivity contribution in [2.24, 2.45) is 0 Å². The summed E-state index contributed by atoms with van der Waals surface area (Å²) in [5.41, 5.74) is 0. The van der Waals surface area contributed by atoms with Gasteiger partial charge < -0.3 is 4.74 Å². The number of carbonyl (C=O) groups is 1. The van der Waals surface area contributed by atoms with Gasteiger partial charge in [0, 0.05) is 12.2 Å². The fraction of sp³-hybridized carbons (Fsp3) is 0.455. The van der Waals surface area contributed by atoms with Crippen molar-refractivity contribution in [2.45, 2.75) is 26.2 Å². The minimum absolute atomic E-state index is 0.323. The van der Waals surface area contributed by atoms with E-state index >= 15 is 0 Å². The Morgan fingerprint density at radius 3 is 2.43 bits per heavy atom. The molecule has 0 saturated heterocycles. The summed E-state index contributed by atoms with van der Waals surface area (Å²) in [6, 6.07) is 1.69. The molecule has 0 N–H and O–H groups in total.